The molecule has 0 fully saturated rings. The van der Waals surface area contributed by atoms with Gasteiger partial charge in [-0.25, -0.2) is 9.98 Å². The summed E-state index contributed by atoms with van der Waals surface area (Å²) in [5.74, 6) is 2.32. The molecule has 1 unspecified atom stereocenters. The number of guanidine groups is 1. The van der Waals surface area contributed by atoms with E-state index in [0.29, 0.717) is 34.2 Å². The number of nitrogens with zero attached hydrogens (tertiary/aromatic N) is 2. The standard InChI is InChI=1S/C20H28Cl2N4O3/c1-5-23-19(26-11-17-24-10-16(29-17)20(2,3)4)25-9-13(27)12-28-15-8-6-7-14(21)18(15)22/h6-8,10,13,27H,5,9,11-12H2,1-4H3,(H2,23,25,26). The first-order valence-corrected chi connectivity index (χ1v) is 10.2. The minimum atomic E-state index is -0.775. The summed E-state index contributed by atoms with van der Waals surface area (Å²) in [5, 5.41) is 17.1. The number of rotatable bonds is 8. The quantitative estimate of drug-likeness (QED) is 0.425. The second kappa shape index (κ2) is 10.7. The second-order valence-electron chi connectivity index (χ2n) is 7.46. The van der Waals surface area contributed by atoms with Crippen LogP contribution in [0.1, 0.15) is 39.3 Å². The van der Waals surface area contributed by atoms with Crippen molar-refractivity contribution in [1.29, 1.82) is 0 Å². The lowest BCUT2D eigenvalue weighted by Crippen LogP contribution is -2.42. The zero-order chi connectivity index (χ0) is 21.4. The zero-order valence-electron chi connectivity index (χ0n) is 17.1. The normalized spacial score (nSPS) is 13.3. The topological polar surface area (TPSA) is 91.9 Å². The van der Waals surface area contributed by atoms with E-state index in [-0.39, 0.29) is 25.1 Å². The third kappa shape index (κ3) is 7.42. The Labute approximate surface area is 181 Å². The molecule has 1 heterocycles. The molecular formula is C20H28Cl2N4O3. The van der Waals surface area contributed by atoms with E-state index in [1.165, 1.54) is 0 Å². The van der Waals surface area contributed by atoms with Gasteiger partial charge in [0.25, 0.3) is 0 Å². The molecule has 7 nitrogen and oxygen atoms in total. The van der Waals surface area contributed by atoms with Crippen LogP contribution in [0.5, 0.6) is 5.75 Å². The molecule has 160 valence electrons. The van der Waals surface area contributed by atoms with Gasteiger partial charge in [-0.15, -0.1) is 0 Å². The molecule has 3 N–H and O–H groups in total. The van der Waals surface area contributed by atoms with Crippen molar-refractivity contribution in [2.24, 2.45) is 4.99 Å². The summed E-state index contributed by atoms with van der Waals surface area (Å²) in [6.45, 7) is 9.40. The molecule has 2 aromatic rings. The number of hydrogen-bond donors (Lipinski definition) is 3. The van der Waals surface area contributed by atoms with E-state index in [2.05, 4.69) is 41.4 Å². The highest BCUT2D eigenvalue weighted by molar-refractivity contribution is 6.42. The first-order valence-electron chi connectivity index (χ1n) is 9.43. The monoisotopic (exact) mass is 442 g/mol. The molecule has 0 aliphatic rings. The van der Waals surface area contributed by atoms with E-state index in [1.807, 2.05) is 6.92 Å². The van der Waals surface area contributed by atoms with Crippen molar-refractivity contribution in [3.05, 3.63) is 46.1 Å². The van der Waals surface area contributed by atoms with Crippen LogP contribution >= 0.6 is 23.2 Å². The second-order valence-corrected chi connectivity index (χ2v) is 8.25. The Balaban J connectivity index is 1.86. The van der Waals surface area contributed by atoms with Crippen LogP contribution in [-0.4, -0.2) is 41.9 Å². The van der Waals surface area contributed by atoms with E-state index in [1.54, 1.807) is 24.4 Å². The molecule has 29 heavy (non-hydrogen) atoms. The minimum Gasteiger partial charge on any atom is -0.489 e. The lowest BCUT2D eigenvalue weighted by atomic mass is 9.94. The fourth-order valence-corrected chi connectivity index (χ4v) is 2.62. The van der Waals surface area contributed by atoms with Crippen molar-refractivity contribution >= 4 is 29.2 Å². The Hall–Kier alpha value is -1.96. The molecule has 1 atom stereocenters. The lowest BCUT2D eigenvalue weighted by Gasteiger charge is -2.16. The smallest absolute Gasteiger partial charge is 0.216 e. The molecule has 2 rings (SSSR count). The molecule has 0 aliphatic heterocycles. The van der Waals surface area contributed by atoms with Crippen LogP contribution in [0.15, 0.2) is 33.8 Å². The van der Waals surface area contributed by atoms with Gasteiger partial charge < -0.3 is 24.9 Å². The summed E-state index contributed by atoms with van der Waals surface area (Å²) in [6.07, 6.45) is 0.955. The number of nitrogens with one attached hydrogen (secondary N) is 2. The van der Waals surface area contributed by atoms with Gasteiger partial charge in [0.15, 0.2) is 5.96 Å². The predicted octanol–water partition coefficient (Wildman–Crippen LogP) is 3.77. The van der Waals surface area contributed by atoms with Gasteiger partial charge in [0.2, 0.25) is 5.89 Å². The van der Waals surface area contributed by atoms with E-state index < -0.39 is 6.10 Å². The third-order valence-corrected chi connectivity index (χ3v) is 4.66. The largest absolute Gasteiger partial charge is 0.489 e. The number of hydrogen-bond acceptors (Lipinski definition) is 5. The van der Waals surface area contributed by atoms with Crippen LogP contribution in [0.4, 0.5) is 0 Å². The van der Waals surface area contributed by atoms with Gasteiger partial charge in [-0.1, -0.05) is 50.0 Å². The summed E-state index contributed by atoms with van der Waals surface area (Å²) in [7, 11) is 0. The number of aliphatic hydroxyl groups excluding tert-OH is 1. The fraction of sp³-hybridized carbons (Fsp3) is 0.500. The highest BCUT2D eigenvalue weighted by atomic mass is 35.5. The van der Waals surface area contributed by atoms with Gasteiger partial charge in [0, 0.05) is 18.5 Å². The van der Waals surface area contributed by atoms with Crippen LogP contribution in [0.25, 0.3) is 0 Å². The van der Waals surface area contributed by atoms with Crippen molar-refractivity contribution in [2.75, 3.05) is 19.7 Å². The van der Waals surface area contributed by atoms with Crippen LogP contribution in [0.3, 0.4) is 0 Å². The zero-order valence-corrected chi connectivity index (χ0v) is 18.6. The molecule has 0 radical (unpaired) electrons. The molecule has 0 spiro atoms. The summed E-state index contributed by atoms with van der Waals surface area (Å²) in [4.78, 5) is 8.71. The Morgan fingerprint density at radius 1 is 1.31 bits per heavy atom. The van der Waals surface area contributed by atoms with Gasteiger partial charge in [0.05, 0.1) is 11.2 Å². The van der Waals surface area contributed by atoms with Crippen LogP contribution in [-0.2, 0) is 12.0 Å². The van der Waals surface area contributed by atoms with Crippen molar-refractivity contribution in [3.8, 4) is 5.75 Å². The molecule has 1 aromatic carbocycles. The average Bonchev–Trinajstić information content (AvgIpc) is 3.14. The van der Waals surface area contributed by atoms with Gasteiger partial charge in [0.1, 0.15) is 35.8 Å². The Kier molecular flexibility index (Phi) is 8.61. The SMILES string of the molecule is CCNC(=NCc1ncc(C(C)(C)C)o1)NCC(O)COc1cccc(Cl)c1Cl. The maximum atomic E-state index is 10.2. The van der Waals surface area contributed by atoms with Crippen molar-refractivity contribution < 1.29 is 14.3 Å². The highest BCUT2D eigenvalue weighted by Gasteiger charge is 2.19. The van der Waals surface area contributed by atoms with Crippen LogP contribution in [0.2, 0.25) is 10.0 Å². The average molecular weight is 443 g/mol. The number of ether oxygens (including phenoxy) is 1. The molecule has 0 saturated carbocycles. The lowest BCUT2D eigenvalue weighted by molar-refractivity contribution is 0.110. The van der Waals surface area contributed by atoms with E-state index in [0.717, 1.165) is 5.76 Å². The van der Waals surface area contributed by atoms with Crippen LogP contribution < -0.4 is 15.4 Å². The van der Waals surface area contributed by atoms with Gasteiger partial charge in [-0.05, 0) is 19.1 Å². The summed E-state index contributed by atoms with van der Waals surface area (Å²) < 4.78 is 11.3. The van der Waals surface area contributed by atoms with E-state index >= 15 is 0 Å². The molecule has 0 amide bonds. The minimum absolute atomic E-state index is 0.0567. The molecule has 9 heteroatoms. The molecular weight excluding hydrogens is 415 g/mol. The number of aromatic nitrogens is 1. The number of halogens is 2. The molecule has 0 aliphatic carbocycles. The van der Waals surface area contributed by atoms with Gasteiger partial charge in [-0.2, -0.15) is 0 Å². The molecule has 1 aromatic heterocycles. The fourth-order valence-electron chi connectivity index (χ4n) is 2.27. The summed E-state index contributed by atoms with van der Waals surface area (Å²) in [5.41, 5.74) is -0.103. The number of aliphatic hydroxyl groups is 1. The molecule has 0 saturated heterocycles. The number of oxazole rings is 1. The Morgan fingerprint density at radius 3 is 2.72 bits per heavy atom. The van der Waals surface area contributed by atoms with Gasteiger partial charge in [-0.3, -0.25) is 0 Å². The maximum Gasteiger partial charge on any atom is 0.216 e. The number of aliphatic imine (C=N–C) groups is 1. The summed E-state index contributed by atoms with van der Waals surface area (Å²) in [6, 6.07) is 5.10. The molecule has 0 bridgehead atoms. The van der Waals surface area contributed by atoms with Crippen LogP contribution in [0, 0.1) is 0 Å². The van der Waals surface area contributed by atoms with E-state index in [4.69, 9.17) is 32.4 Å². The first-order chi connectivity index (χ1) is 13.7. The first kappa shape index (κ1) is 23.3. The number of benzene rings is 1. The van der Waals surface area contributed by atoms with Crippen molar-refractivity contribution in [2.45, 2.75) is 45.8 Å². The highest BCUT2D eigenvalue weighted by Crippen LogP contribution is 2.31. The van der Waals surface area contributed by atoms with E-state index in [9.17, 15) is 5.11 Å². The van der Waals surface area contributed by atoms with Crippen molar-refractivity contribution in [3.63, 3.8) is 0 Å². The maximum absolute atomic E-state index is 10.2. The summed E-state index contributed by atoms with van der Waals surface area (Å²) >= 11 is 12.0. The Morgan fingerprint density at radius 2 is 2.07 bits per heavy atom. The van der Waals surface area contributed by atoms with Crippen molar-refractivity contribution in [1.82, 2.24) is 15.6 Å². The third-order valence-electron chi connectivity index (χ3n) is 3.86. The predicted molar refractivity (Wildman–Crippen MR) is 116 cm³/mol. The Bertz CT molecular complexity index is 818. The van der Waals surface area contributed by atoms with Gasteiger partial charge >= 0.3 is 0 Å².